The molecule has 2 nitrogen and oxygen atoms in total. The van der Waals surface area contributed by atoms with Gasteiger partial charge in [-0.3, -0.25) is 0 Å². The Labute approximate surface area is 82.9 Å². The van der Waals surface area contributed by atoms with Crippen LogP contribution in [0, 0.1) is 0 Å². The average Bonchev–Trinajstić information content (AvgIpc) is 2.76. The fourth-order valence-electron chi connectivity index (χ4n) is 1.88. The smallest absolute Gasteiger partial charge is 0.0770 e. The molecule has 1 aromatic heterocycles. The van der Waals surface area contributed by atoms with Gasteiger partial charge in [0.2, 0.25) is 0 Å². The van der Waals surface area contributed by atoms with E-state index in [1.807, 2.05) is 7.05 Å². The van der Waals surface area contributed by atoms with Crippen molar-refractivity contribution in [2.24, 2.45) is 0 Å². The molecule has 0 spiro atoms. The molecule has 2 unspecified atom stereocenters. The first-order valence-electron chi connectivity index (χ1n) is 4.73. The summed E-state index contributed by atoms with van der Waals surface area (Å²) in [6, 6.07) is 2.56. The number of rotatable bonds is 3. The van der Waals surface area contributed by atoms with Crippen molar-refractivity contribution < 1.29 is 4.74 Å². The van der Waals surface area contributed by atoms with E-state index >= 15 is 0 Å². The molecule has 72 valence electrons. The monoisotopic (exact) mass is 197 g/mol. The molecule has 1 N–H and O–H groups in total. The standard InChI is InChI=1S/C10H15NOS/c1-11-10(8-4-6-13-7-8)9-3-2-5-12-9/h4,6-7,9-11H,2-3,5H2,1H3. The van der Waals surface area contributed by atoms with Gasteiger partial charge in [0.15, 0.2) is 0 Å². The molecule has 1 aliphatic heterocycles. The average molecular weight is 197 g/mol. The van der Waals surface area contributed by atoms with Crippen LogP contribution in [-0.2, 0) is 4.74 Å². The van der Waals surface area contributed by atoms with Crippen LogP contribution in [0.15, 0.2) is 16.8 Å². The van der Waals surface area contributed by atoms with Crippen LogP contribution >= 0.6 is 11.3 Å². The largest absolute Gasteiger partial charge is 0.376 e. The third-order valence-corrected chi connectivity index (χ3v) is 3.25. The molecule has 2 atom stereocenters. The van der Waals surface area contributed by atoms with Crippen LogP contribution in [0.5, 0.6) is 0 Å². The molecule has 2 rings (SSSR count). The Morgan fingerprint density at radius 2 is 2.62 bits per heavy atom. The topological polar surface area (TPSA) is 21.3 Å². The fourth-order valence-corrected chi connectivity index (χ4v) is 2.58. The minimum atomic E-state index is 0.375. The molecule has 1 saturated heterocycles. The van der Waals surface area contributed by atoms with Gasteiger partial charge in [-0.05, 0) is 42.3 Å². The first-order valence-corrected chi connectivity index (χ1v) is 5.67. The van der Waals surface area contributed by atoms with Crippen molar-refractivity contribution in [2.75, 3.05) is 13.7 Å². The zero-order chi connectivity index (χ0) is 9.10. The fraction of sp³-hybridized carbons (Fsp3) is 0.600. The maximum absolute atomic E-state index is 5.67. The summed E-state index contributed by atoms with van der Waals surface area (Å²) in [4.78, 5) is 0. The lowest BCUT2D eigenvalue weighted by atomic mass is 10.0. The molecule has 0 aromatic carbocycles. The molecule has 1 aromatic rings. The van der Waals surface area contributed by atoms with Gasteiger partial charge in [0.25, 0.3) is 0 Å². The van der Waals surface area contributed by atoms with Gasteiger partial charge in [-0.15, -0.1) is 0 Å². The van der Waals surface area contributed by atoms with Crippen LogP contribution in [0.25, 0.3) is 0 Å². The normalized spacial score (nSPS) is 24.8. The lowest BCUT2D eigenvalue weighted by molar-refractivity contribution is 0.0809. The molecule has 0 saturated carbocycles. The predicted molar refractivity (Wildman–Crippen MR) is 55.1 cm³/mol. The summed E-state index contributed by atoms with van der Waals surface area (Å²) in [5.74, 6) is 0. The van der Waals surface area contributed by atoms with Crippen molar-refractivity contribution in [2.45, 2.75) is 25.0 Å². The zero-order valence-electron chi connectivity index (χ0n) is 7.82. The van der Waals surface area contributed by atoms with Gasteiger partial charge >= 0.3 is 0 Å². The van der Waals surface area contributed by atoms with Gasteiger partial charge < -0.3 is 10.1 Å². The van der Waals surface area contributed by atoms with E-state index in [0.717, 1.165) is 6.61 Å². The molecule has 0 amide bonds. The maximum Gasteiger partial charge on any atom is 0.0770 e. The molecule has 3 heteroatoms. The Kier molecular flexibility index (Phi) is 2.98. The Hall–Kier alpha value is -0.380. The van der Waals surface area contributed by atoms with E-state index in [1.165, 1.54) is 18.4 Å². The van der Waals surface area contributed by atoms with Crippen molar-refractivity contribution in [1.29, 1.82) is 0 Å². The van der Waals surface area contributed by atoms with E-state index in [-0.39, 0.29) is 0 Å². The van der Waals surface area contributed by atoms with Crippen LogP contribution in [0.3, 0.4) is 0 Å². The third-order valence-electron chi connectivity index (χ3n) is 2.55. The lowest BCUT2D eigenvalue weighted by Gasteiger charge is -2.21. The zero-order valence-corrected chi connectivity index (χ0v) is 8.64. The summed E-state index contributed by atoms with van der Waals surface area (Å²) in [6.07, 6.45) is 2.76. The van der Waals surface area contributed by atoms with Gasteiger partial charge in [-0.2, -0.15) is 11.3 Å². The van der Waals surface area contributed by atoms with Crippen molar-refractivity contribution in [3.05, 3.63) is 22.4 Å². The summed E-state index contributed by atoms with van der Waals surface area (Å²) >= 11 is 1.75. The predicted octanol–water partition coefficient (Wildman–Crippen LogP) is 2.19. The molecule has 13 heavy (non-hydrogen) atoms. The van der Waals surface area contributed by atoms with E-state index in [4.69, 9.17) is 4.74 Å². The first-order chi connectivity index (χ1) is 6.42. The highest BCUT2D eigenvalue weighted by Crippen LogP contribution is 2.27. The summed E-state index contributed by atoms with van der Waals surface area (Å²) in [6.45, 7) is 0.924. The number of thiophene rings is 1. The van der Waals surface area contributed by atoms with Crippen molar-refractivity contribution in [1.82, 2.24) is 5.32 Å². The van der Waals surface area contributed by atoms with Crippen LogP contribution in [-0.4, -0.2) is 19.8 Å². The lowest BCUT2D eigenvalue weighted by Crippen LogP contribution is -2.28. The Bertz CT molecular complexity index is 241. The van der Waals surface area contributed by atoms with Gasteiger partial charge in [0.1, 0.15) is 0 Å². The van der Waals surface area contributed by atoms with Gasteiger partial charge in [0, 0.05) is 6.61 Å². The number of hydrogen-bond donors (Lipinski definition) is 1. The molecule has 0 bridgehead atoms. The number of ether oxygens (including phenoxy) is 1. The van der Waals surface area contributed by atoms with Crippen LogP contribution < -0.4 is 5.32 Å². The molecule has 1 fully saturated rings. The summed E-state index contributed by atoms with van der Waals surface area (Å²) < 4.78 is 5.67. The molecule has 0 aliphatic carbocycles. The first kappa shape index (κ1) is 9.19. The number of nitrogens with one attached hydrogen (secondary N) is 1. The highest BCUT2D eigenvalue weighted by Gasteiger charge is 2.25. The second kappa shape index (κ2) is 4.22. The number of likely N-dealkylation sites (N-methyl/N-ethyl adjacent to an activating group) is 1. The third kappa shape index (κ3) is 1.93. The van der Waals surface area contributed by atoms with Crippen LogP contribution in [0.2, 0.25) is 0 Å². The van der Waals surface area contributed by atoms with Crippen LogP contribution in [0.1, 0.15) is 24.4 Å². The quantitative estimate of drug-likeness (QED) is 0.802. The van der Waals surface area contributed by atoms with Crippen molar-refractivity contribution in [3.63, 3.8) is 0 Å². The minimum Gasteiger partial charge on any atom is -0.376 e. The minimum absolute atomic E-state index is 0.375. The second-order valence-corrected chi connectivity index (χ2v) is 4.15. The SMILES string of the molecule is CNC(c1ccsc1)C1CCCO1. The van der Waals surface area contributed by atoms with E-state index in [1.54, 1.807) is 11.3 Å². The highest BCUT2D eigenvalue weighted by atomic mass is 32.1. The van der Waals surface area contributed by atoms with Gasteiger partial charge in [0.05, 0.1) is 12.1 Å². The van der Waals surface area contributed by atoms with Crippen LogP contribution in [0.4, 0.5) is 0 Å². The van der Waals surface area contributed by atoms with Crippen molar-refractivity contribution in [3.8, 4) is 0 Å². The van der Waals surface area contributed by atoms with Gasteiger partial charge in [-0.25, -0.2) is 0 Å². The summed E-state index contributed by atoms with van der Waals surface area (Å²) in [5, 5.41) is 7.64. The molecule has 1 aliphatic rings. The molecule has 2 heterocycles. The van der Waals surface area contributed by atoms with E-state index in [2.05, 4.69) is 22.1 Å². The Morgan fingerprint density at radius 1 is 1.69 bits per heavy atom. The summed E-state index contributed by atoms with van der Waals surface area (Å²) in [7, 11) is 2.00. The number of hydrogen-bond acceptors (Lipinski definition) is 3. The second-order valence-electron chi connectivity index (χ2n) is 3.37. The summed E-state index contributed by atoms with van der Waals surface area (Å²) in [5.41, 5.74) is 1.36. The molecule has 0 radical (unpaired) electrons. The Balaban J connectivity index is 2.08. The van der Waals surface area contributed by atoms with E-state index in [0.29, 0.717) is 12.1 Å². The van der Waals surface area contributed by atoms with E-state index < -0.39 is 0 Å². The highest BCUT2D eigenvalue weighted by molar-refractivity contribution is 7.07. The Morgan fingerprint density at radius 3 is 3.15 bits per heavy atom. The van der Waals surface area contributed by atoms with Gasteiger partial charge in [-0.1, -0.05) is 0 Å². The maximum atomic E-state index is 5.67. The molecular formula is C10H15NOS. The van der Waals surface area contributed by atoms with Crippen molar-refractivity contribution >= 4 is 11.3 Å². The molecular weight excluding hydrogens is 182 g/mol. The van der Waals surface area contributed by atoms with E-state index in [9.17, 15) is 0 Å².